The van der Waals surface area contributed by atoms with Gasteiger partial charge in [0, 0.05) is 24.1 Å². The zero-order chi connectivity index (χ0) is 15.0. The van der Waals surface area contributed by atoms with Crippen LogP contribution in [0.25, 0.3) is 0 Å². The second kappa shape index (κ2) is 5.41. The summed E-state index contributed by atoms with van der Waals surface area (Å²) in [6.07, 6.45) is 0.797. The van der Waals surface area contributed by atoms with E-state index in [0.717, 1.165) is 23.5 Å². The van der Waals surface area contributed by atoms with Gasteiger partial charge in [-0.25, -0.2) is 0 Å². The van der Waals surface area contributed by atoms with E-state index in [0.29, 0.717) is 0 Å². The van der Waals surface area contributed by atoms with Crippen LogP contribution in [0.3, 0.4) is 0 Å². The van der Waals surface area contributed by atoms with Gasteiger partial charge in [0.15, 0.2) is 0 Å². The number of rotatable bonds is 2. The van der Waals surface area contributed by atoms with Gasteiger partial charge in [-0.2, -0.15) is 0 Å². The van der Waals surface area contributed by atoms with Gasteiger partial charge in [0.05, 0.1) is 7.11 Å². The quantitative estimate of drug-likeness (QED) is 0.911. The molecule has 2 aromatic rings. The molecule has 0 bridgehead atoms. The summed E-state index contributed by atoms with van der Waals surface area (Å²) in [5.74, 6) is 1.63. The predicted molar refractivity (Wildman–Crippen MR) is 83.8 cm³/mol. The van der Waals surface area contributed by atoms with Gasteiger partial charge in [0.25, 0.3) is 0 Å². The van der Waals surface area contributed by atoms with E-state index < -0.39 is 0 Å². The van der Waals surface area contributed by atoms with Crippen LogP contribution in [0.2, 0.25) is 0 Å². The monoisotopic (exact) mass is 283 g/mol. The van der Waals surface area contributed by atoms with E-state index in [4.69, 9.17) is 15.2 Å². The van der Waals surface area contributed by atoms with Gasteiger partial charge < -0.3 is 15.2 Å². The molecular formula is C18H21NO2. The fourth-order valence-electron chi connectivity index (χ4n) is 3.12. The number of fused-ring (bicyclic) bond motifs is 1. The van der Waals surface area contributed by atoms with Gasteiger partial charge in [-0.05, 0) is 36.6 Å². The van der Waals surface area contributed by atoms with Crippen LogP contribution in [0.4, 0.5) is 0 Å². The smallest absolute Gasteiger partial charge is 0.128 e. The Morgan fingerprint density at radius 2 is 1.86 bits per heavy atom. The molecule has 0 aromatic heterocycles. The number of aryl methyl sites for hydroxylation is 2. The fraction of sp³-hybridized carbons (Fsp3) is 0.333. The van der Waals surface area contributed by atoms with Gasteiger partial charge in [-0.3, -0.25) is 0 Å². The first kappa shape index (κ1) is 14.0. The Balaban J connectivity index is 2.01. The van der Waals surface area contributed by atoms with Crippen LogP contribution in [0.15, 0.2) is 36.4 Å². The van der Waals surface area contributed by atoms with Crippen molar-refractivity contribution in [3.8, 4) is 11.5 Å². The summed E-state index contributed by atoms with van der Waals surface area (Å²) in [7, 11) is 1.66. The Morgan fingerprint density at radius 3 is 2.52 bits per heavy atom. The minimum atomic E-state index is -0.0105. The summed E-state index contributed by atoms with van der Waals surface area (Å²) in [6, 6.07) is 12.2. The van der Waals surface area contributed by atoms with Crippen molar-refractivity contribution in [2.24, 2.45) is 5.73 Å². The van der Waals surface area contributed by atoms with Gasteiger partial charge in [0.2, 0.25) is 0 Å². The Morgan fingerprint density at radius 1 is 1.14 bits per heavy atom. The Bertz CT molecular complexity index is 646. The van der Waals surface area contributed by atoms with Crippen LogP contribution in [0, 0.1) is 13.8 Å². The summed E-state index contributed by atoms with van der Waals surface area (Å²) >= 11 is 0. The van der Waals surface area contributed by atoms with E-state index in [2.05, 4.69) is 32.0 Å². The van der Waals surface area contributed by atoms with Gasteiger partial charge in [-0.1, -0.05) is 24.3 Å². The Hall–Kier alpha value is -2.00. The number of hydrogen-bond donors (Lipinski definition) is 1. The average molecular weight is 283 g/mol. The zero-order valence-corrected chi connectivity index (χ0v) is 12.7. The van der Waals surface area contributed by atoms with E-state index in [1.165, 1.54) is 16.7 Å². The third kappa shape index (κ3) is 2.49. The summed E-state index contributed by atoms with van der Waals surface area (Å²) in [6.45, 7) is 4.25. The molecule has 1 heterocycles. The number of ether oxygens (including phenoxy) is 2. The van der Waals surface area contributed by atoms with E-state index in [1.807, 2.05) is 18.2 Å². The molecule has 2 N–H and O–H groups in total. The van der Waals surface area contributed by atoms with Crippen molar-refractivity contribution < 1.29 is 9.47 Å². The number of hydrogen-bond acceptors (Lipinski definition) is 3. The van der Waals surface area contributed by atoms with E-state index in [1.54, 1.807) is 7.11 Å². The summed E-state index contributed by atoms with van der Waals surface area (Å²) in [5.41, 5.74) is 11.1. The summed E-state index contributed by atoms with van der Waals surface area (Å²) < 4.78 is 11.5. The summed E-state index contributed by atoms with van der Waals surface area (Å²) in [4.78, 5) is 0. The van der Waals surface area contributed by atoms with Crippen molar-refractivity contribution in [3.63, 3.8) is 0 Å². The van der Waals surface area contributed by atoms with Crippen LogP contribution in [0.5, 0.6) is 11.5 Å². The van der Waals surface area contributed by atoms with E-state index >= 15 is 0 Å². The Kier molecular flexibility index (Phi) is 3.60. The van der Waals surface area contributed by atoms with Crippen LogP contribution < -0.4 is 15.2 Å². The molecule has 110 valence electrons. The first-order valence-corrected chi connectivity index (χ1v) is 7.26. The van der Waals surface area contributed by atoms with Crippen LogP contribution >= 0.6 is 0 Å². The molecule has 2 atom stereocenters. The van der Waals surface area contributed by atoms with E-state index in [-0.39, 0.29) is 12.1 Å². The largest absolute Gasteiger partial charge is 0.497 e. The normalized spacial score (nSPS) is 20.6. The maximum Gasteiger partial charge on any atom is 0.128 e. The second-order valence-corrected chi connectivity index (χ2v) is 5.66. The molecule has 0 fully saturated rings. The van der Waals surface area contributed by atoms with Crippen molar-refractivity contribution in [3.05, 3.63) is 58.7 Å². The summed E-state index contributed by atoms with van der Waals surface area (Å²) in [5, 5.41) is 0. The molecule has 0 amide bonds. The molecule has 2 aromatic carbocycles. The molecule has 0 saturated carbocycles. The molecule has 3 nitrogen and oxygen atoms in total. The molecule has 0 saturated heterocycles. The van der Waals surface area contributed by atoms with Crippen LogP contribution in [-0.4, -0.2) is 7.11 Å². The highest BCUT2D eigenvalue weighted by Gasteiger charge is 2.29. The predicted octanol–water partition coefficient (Wildman–Crippen LogP) is 3.84. The van der Waals surface area contributed by atoms with Gasteiger partial charge >= 0.3 is 0 Å². The van der Waals surface area contributed by atoms with E-state index in [9.17, 15) is 0 Å². The lowest BCUT2D eigenvalue weighted by Crippen LogP contribution is -2.25. The number of benzene rings is 2. The molecule has 0 aliphatic carbocycles. The molecule has 21 heavy (non-hydrogen) atoms. The van der Waals surface area contributed by atoms with Crippen molar-refractivity contribution in [1.82, 2.24) is 0 Å². The topological polar surface area (TPSA) is 44.5 Å². The first-order valence-electron chi connectivity index (χ1n) is 7.26. The molecule has 0 spiro atoms. The molecule has 2 unspecified atom stereocenters. The highest BCUT2D eigenvalue weighted by Crippen LogP contribution is 2.42. The zero-order valence-electron chi connectivity index (χ0n) is 12.7. The molecule has 1 aliphatic rings. The highest BCUT2D eigenvalue weighted by molar-refractivity contribution is 5.46. The van der Waals surface area contributed by atoms with Gasteiger partial charge in [-0.15, -0.1) is 0 Å². The highest BCUT2D eigenvalue weighted by atomic mass is 16.5. The molecule has 3 heteroatoms. The number of methoxy groups -OCH3 is 1. The lowest BCUT2D eigenvalue weighted by atomic mass is 9.89. The first-order chi connectivity index (χ1) is 10.1. The van der Waals surface area contributed by atoms with Gasteiger partial charge in [0.1, 0.15) is 17.6 Å². The molecule has 3 rings (SSSR count). The van der Waals surface area contributed by atoms with Crippen molar-refractivity contribution in [1.29, 1.82) is 0 Å². The molecule has 1 aliphatic heterocycles. The standard InChI is InChI=1S/C18H21NO2/c1-11-5-4-6-12(2)18(11)17-10-15(19)14-8-7-13(20-3)9-16(14)21-17/h4-9,15,17H,10,19H2,1-3H3. The third-order valence-electron chi connectivity index (χ3n) is 4.22. The van der Waals surface area contributed by atoms with Crippen molar-refractivity contribution in [2.45, 2.75) is 32.4 Å². The minimum Gasteiger partial charge on any atom is -0.497 e. The lowest BCUT2D eigenvalue weighted by molar-refractivity contribution is 0.159. The third-order valence-corrected chi connectivity index (χ3v) is 4.22. The molecule has 0 radical (unpaired) electrons. The molecular weight excluding hydrogens is 262 g/mol. The Labute approximate surface area is 125 Å². The lowest BCUT2D eigenvalue weighted by Gasteiger charge is -2.32. The maximum atomic E-state index is 6.34. The SMILES string of the molecule is COc1ccc2c(c1)OC(c1c(C)cccc1C)CC2N. The minimum absolute atomic E-state index is 0.000746. The second-order valence-electron chi connectivity index (χ2n) is 5.66. The number of nitrogens with two attached hydrogens (primary N) is 1. The maximum absolute atomic E-state index is 6.34. The van der Waals surface area contributed by atoms with Crippen molar-refractivity contribution in [2.75, 3.05) is 7.11 Å². The van der Waals surface area contributed by atoms with Crippen LogP contribution in [-0.2, 0) is 0 Å². The van der Waals surface area contributed by atoms with Crippen molar-refractivity contribution >= 4 is 0 Å². The van der Waals surface area contributed by atoms with Crippen LogP contribution in [0.1, 0.15) is 40.8 Å². The fourth-order valence-corrected chi connectivity index (χ4v) is 3.12. The average Bonchev–Trinajstić information content (AvgIpc) is 2.46.